The zero-order valence-corrected chi connectivity index (χ0v) is 51.5. The van der Waals surface area contributed by atoms with Gasteiger partial charge in [-0.15, -0.1) is 0 Å². The molecule has 0 unspecified atom stereocenters. The van der Waals surface area contributed by atoms with Crippen molar-refractivity contribution in [1.82, 2.24) is 0 Å². The van der Waals surface area contributed by atoms with Gasteiger partial charge < -0.3 is 57.8 Å². The first-order chi connectivity index (χ1) is 44.1. The van der Waals surface area contributed by atoms with Gasteiger partial charge in [0.2, 0.25) is 0 Å². The number of methoxy groups -OCH3 is 2. The molecule has 9 rings (SSSR count). The average Bonchev–Trinajstić information content (AvgIpc) is 2.71. The predicted molar refractivity (Wildman–Crippen MR) is 340 cm³/mol. The summed E-state index contributed by atoms with van der Waals surface area (Å²) in [6.45, 7) is 7.09. The molecule has 1 aliphatic rings. The minimum atomic E-state index is -0.685. The van der Waals surface area contributed by atoms with Gasteiger partial charge in [-0.25, -0.2) is 19.2 Å². The van der Waals surface area contributed by atoms with E-state index in [-0.39, 0.29) is 23.3 Å². The van der Waals surface area contributed by atoms with Crippen LogP contribution in [0.3, 0.4) is 0 Å². The van der Waals surface area contributed by atoms with Crippen LogP contribution in [0.25, 0.3) is 0 Å². The fraction of sp³-hybridized carbons (Fsp3) is 0.236. The Morgan fingerprint density at radius 1 is 0.462 bits per heavy atom. The topological polar surface area (TPSA) is 251 Å². The van der Waals surface area contributed by atoms with E-state index in [0.717, 1.165) is 5.69 Å². The van der Waals surface area contributed by atoms with Gasteiger partial charge in [0.05, 0.1) is 49.1 Å². The van der Waals surface area contributed by atoms with Gasteiger partial charge in [0.25, 0.3) is 0 Å². The lowest BCUT2D eigenvalue weighted by Gasteiger charge is -2.21. The van der Waals surface area contributed by atoms with Gasteiger partial charge in [0, 0.05) is 38.2 Å². The average molecular weight is 1240 g/mol. The van der Waals surface area contributed by atoms with Crippen LogP contribution in [0.2, 0.25) is 0 Å². The van der Waals surface area contributed by atoms with Gasteiger partial charge in [-0.1, -0.05) is 45.2 Å². The van der Waals surface area contributed by atoms with E-state index in [1.54, 1.807) is 155 Å². The number of phenolic OH excluding ortho intramolecular Hbond substituents is 1. The molecule has 0 saturated heterocycles. The van der Waals surface area contributed by atoms with E-state index in [2.05, 4.69) is 5.32 Å². The smallest absolute Gasteiger partial charge is 0.347 e. The first-order valence-corrected chi connectivity index (χ1v) is 29.3. The molecule has 0 bridgehead atoms. The number of anilines is 1. The van der Waals surface area contributed by atoms with E-state index in [9.17, 15) is 33.9 Å². The van der Waals surface area contributed by atoms with Gasteiger partial charge in [0.15, 0.2) is 0 Å². The molecule has 0 amide bonds. The number of hydrogen-bond donors (Lipinski definition) is 2. The molecule has 1 fully saturated rings. The number of nitrogens with zero attached hydrogens (tertiary/aromatic N) is 1. The Hall–Kier alpha value is -11.0. The molecule has 0 aliphatic heterocycles. The maximum absolute atomic E-state index is 12.3. The van der Waals surface area contributed by atoms with Crippen LogP contribution in [0, 0.1) is 11.3 Å². The number of hydrogen-bond acceptors (Lipinski definition) is 19. The van der Waals surface area contributed by atoms with E-state index < -0.39 is 23.9 Å². The number of ether oxygens (including phenoxy) is 10. The van der Waals surface area contributed by atoms with Gasteiger partial charge in [-0.2, -0.15) is 5.26 Å². The Kier molecular flexibility index (Phi) is 28.1. The number of carbonyl (C=O) groups is 6. The quantitative estimate of drug-likeness (QED) is 0.0385. The maximum atomic E-state index is 12.3. The van der Waals surface area contributed by atoms with Crippen LogP contribution in [0.15, 0.2) is 188 Å². The minimum absolute atomic E-state index is 0.0372. The second kappa shape index (κ2) is 37.0. The standard InChI is InChI=1S/C22H24O4.C18H20O5.C17H17NO4.C15H11NO4/c1-2-21(23)25-19-12-14-20(15-13-19)26-22(24)18-10-8-17(9-11-18)16-6-4-3-5-7-16;1-3-21-12-13-22-16-8-10-17(11-9-16)23-18(19)14-4-6-15(20-2)7-5-14;1-3-16(19)21-14-8-10-15(11-9-14)22-17(20)12-4-6-13(18-2)7-5-12;1-19-12-6-7-13(14(17)8-12)15(18)20-11-4-2-10(9-16)3-5-11/h8-16H,2-7H2,1H3;4-11H,3,12-13H2,1-2H3;4-11,18H,3H2,1-2H3;2-8,17H,1H3. The summed E-state index contributed by atoms with van der Waals surface area (Å²) in [5, 5.41) is 21.4. The number of carbonyl (C=O) groups excluding carboxylic acids is 6. The van der Waals surface area contributed by atoms with Crippen molar-refractivity contribution in [3.05, 3.63) is 221 Å². The van der Waals surface area contributed by atoms with Crippen LogP contribution in [-0.4, -0.2) is 82.0 Å². The summed E-state index contributed by atoms with van der Waals surface area (Å²) >= 11 is 0. The number of phenols is 1. The Balaban J connectivity index is 0.000000194. The van der Waals surface area contributed by atoms with Gasteiger partial charge in [-0.05, 0) is 201 Å². The Labute approximate surface area is 528 Å². The molecule has 2 N–H and O–H groups in total. The summed E-state index contributed by atoms with van der Waals surface area (Å²) in [7, 11) is 4.84. The number of nitriles is 1. The van der Waals surface area contributed by atoms with E-state index in [1.807, 2.05) is 37.3 Å². The molecule has 0 atom stereocenters. The number of esters is 6. The van der Waals surface area contributed by atoms with Crippen LogP contribution in [0.1, 0.15) is 124 Å². The lowest BCUT2D eigenvalue weighted by atomic mass is 9.84. The lowest BCUT2D eigenvalue weighted by Crippen LogP contribution is -2.10. The lowest BCUT2D eigenvalue weighted by molar-refractivity contribution is -0.134. The molecule has 0 radical (unpaired) electrons. The Morgan fingerprint density at radius 3 is 1.25 bits per heavy atom. The third-order valence-corrected chi connectivity index (χ3v) is 13.4. The minimum Gasteiger partial charge on any atom is -0.507 e. The summed E-state index contributed by atoms with van der Waals surface area (Å²) in [5.74, 6) is 2.11. The summed E-state index contributed by atoms with van der Waals surface area (Å²) in [4.78, 5) is 70.7. The largest absolute Gasteiger partial charge is 0.507 e. The molecule has 1 aliphatic carbocycles. The third-order valence-electron chi connectivity index (χ3n) is 13.4. The van der Waals surface area contributed by atoms with E-state index >= 15 is 0 Å². The van der Waals surface area contributed by atoms with Crippen LogP contribution in [-0.2, 0) is 14.3 Å². The molecule has 8 aromatic rings. The van der Waals surface area contributed by atoms with Crippen molar-refractivity contribution >= 4 is 41.5 Å². The number of rotatable bonds is 21. The molecule has 1 saturated carbocycles. The van der Waals surface area contributed by atoms with Crippen molar-refractivity contribution in [2.45, 2.75) is 71.6 Å². The Morgan fingerprint density at radius 2 is 0.846 bits per heavy atom. The molecule has 8 aromatic carbocycles. The molecule has 19 heteroatoms. The molecule has 0 spiro atoms. The molecule has 472 valence electrons. The first-order valence-electron chi connectivity index (χ1n) is 29.3. The van der Waals surface area contributed by atoms with Crippen LogP contribution < -0.4 is 47.9 Å². The van der Waals surface area contributed by atoms with E-state index in [0.29, 0.717) is 113 Å². The zero-order chi connectivity index (χ0) is 65.3. The maximum Gasteiger partial charge on any atom is 0.347 e. The molecule has 91 heavy (non-hydrogen) atoms. The summed E-state index contributed by atoms with van der Waals surface area (Å²) < 4.78 is 51.9. The highest BCUT2D eigenvalue weighted by Crippen LogP contribution is 2.33. The SMILES string of the molecule is CCC(=O)Oc1ccc(OC(=O)c2ccc(C3CCCCC3)cc2)cc1.CCC(=O)Oc1ccc(OC(=O)c2ccc(NC)cc2)cc1.CCOCCOc1ccc(OC(=O)c2ccc(OC)cc2)cc1.COc1ccc(C(=O)Oc2ccc(C#N)cc2)c(O)c1. The fourth-order valence-corrected chi connectivity index (χ4v) is 8.42. The second-order valence-corrected chi connectivity index (χ2v) is 19.7. The second-order valence-electron chi connectivity index (χ2n) is 19.7. The molecule has 0 aromatic heterocycles. The van der Waals surface area contributed by atoms with Crippen molar-refractivity contribution in [3.8, 4) is 63.6 Å². The van der Waals surface area contributed by atoms with Gasteiger partial charge in [-0.3, -0.25) is 9.59 Å². The third kappa shape index (κ3) is 23.2. The highest BCUT2D eigenvalue weighted by Gasteiger charge is 2.18. The molecule has 19 nitrogen and oxygen atoms in total. The molecular formula is C72H72N2O17. The molecule has 0 heterocycles. The van der Waals surface area contributed by atoms with Gasteiger partial charge >= 0.3 is 35.8 Å². The highest BCUT2D eigenvalue weighted by atomic mass is 16.6. The van der Waals surface area contributed by atoms with E-state index in [4.69, 9.17) is 52.6 Å². The normalized spacial score (nSPS) is 11.3. The number of nitrogens with one attached hydrogen (secondary N) is 1. The fourth-order valence-electron chi connectivity index (χ4n) is 8.42. The van der Waals surface area contributed by atoms with Crippen molar-refractivity contribution in [2.75, 3.05) is 46.4 Å². The van der Waals surface area contributed by atoms with Crippen molar-refractivity contribution < 1.29 is 81.2 Å². The summed E-state index contributed by atoms with van der Waals surface area (Å²) in [6, 6.07) is 53.5. The number of benzene rings is 8. The summed E-state index contributed by atoms with van der Waals surface area (Å²) in [6.07, 6.45) is 7.00. The van der Waals surface area contributed by atoms with E-state index in [1.165, 1.54) is 81.2 Å². The van der Waals surface area contributed by atoms with Crippen LogP contribution >= 0.6 is 0 Å². The number of aromatic hydroxyl groups is 1. The highest BCUT2D eigenvalue weighted by molar-refractivity contribution is 5.94. The van der Waals surface area contributed by atoms with Crippen molar-refractivity contribution in [1.29, 1.82) is 5.26 Å². The van der Waals surface area contributed by atoms with Crippen molar-refractivity contribution in [2.24, 2.45) is 0 Å². The van der Waals surface area contributed by atoms with Gasteiger partial charge in [0.1, 0.15) is 69.7 Å². The molecular weight excluding hydrogens is 1160 g/mol. The Bertz CT molecular complexity index is 3640. The van der Waals surface area contributed by atoms with Crippen LogP contribution in [0.4, 0.5) is 5.69 Å². The zero-order valence-electron chi connectivity index (χ0n) is 51.5. The van der Waals surface area contributed by atoms with Crippen molar-refractivity contribution in [3.63, 3.8) is 0 Å². The first kappa shape index (κ1) is 69.1. The predicted octanol–water partition coefficient (Wildman–Crippen LogP) is 14.4. The van der Waals surface area contributed by atoms with Crippen LogP contribution in [0.5, 0.6) is 57.5 Å². The monoisotopic (exact) mass is 1240 g/mol. The summed E-state index contributed by atoms with van der Waals surface area (Å²) in [5.41, 5.74) is 4.18.